The summed E-state index contributed by atoms with van der Waals surface area (Å²) in [7, 11) is 0. The number of halogens is 3. The van der Waals surface area contributed by atoms with Gasteiger partial charge in [0.05, 0.1) is 0 Å². The van der Waals surface area contributed by atoms with Gasteiger partial charge in [0.25, 0.3) is 0 Å². The molecular formula is C14H12BrF2N. The zero-order valence-corrected chi connectivity index (χ0v) is 11.4. The predicted octanol–water partition coefficient (Wildman–Crippen LogP) is 4.65. The second kappa shape index (κ2) is 5.48. The zero-order chi connectivity index (χ0) is 13.1. The normalized spacial score (nSPS) is 10.4. The van der Waals surface area contributed by atoms with Gasteiger partial charge >= 0.3 is 0 Å². The van der Waals surface area contributed by atoms with Crippen LogP contribution in [0.15, 0.2) is 40.9 Å². The van der Waals surface area contributed by atoms with Crippen LogP contribution in [0.4, 0.5) is 14.5 Å². The third-order valence-electron chi connectivity index (χ3n) is 2.71. The van der Waals surface area contributed by atoms with Gasteiger partial charge in [-0.25, -0.2) is 8.78 Å². The summed E-state index contributed by atoms with van der Waals surface area (Å²) in [5, 5.41) is 3.02. The standard InChI is InChI=1S/C14H12BrF2N/c1-9-4-2-7-13(14(9)15)18-8-10-11(16)5-3-6-12(10)17/h2-7,18H,8H2,1H3. The van der Waals surface area contributed by atoms with Gasteiger partial charge in [0, 0.05) is 22.3 Å². The Labute approximate surface area is 113 Å². The lowest BCUT2D eigenvalue weighted by molar-refractivity contribution is 0.560. The highest BCUT2D eigenvalue weighted by molar-refractivity contribution is 9.10. The van der Waals surface area contributed by atoms with Gasteiger partial charge in [0.1, 0.15) is 11.6 Å². The summed E-state index contributed by atoms with van der Waals surface area (Å²) < 4.78 is 27.8. The van der Waals surface area contributed by atoms with E-state index in [-0.39, 0.29) is 12.1 Å². The van der Waals surface area contributed by atoms with E-state index in [9.17, 15) is 8.78 Å². The molecule has 0 amide bonds. The molecule has 0 unspecified atom stereocenters. The fourth-order valence-electron chi connectivity index (χ4n) is 1.67. The number of hydrogen-bond acceptors (Lipinski definition) is 1. The molecule has 0 saturated heterocycles. The molecular weight excluding hydrogens is 300 g/mol. The van der Waals surface area contributed by atoms with Crippen molar-refractivity contribution in [2.75, 3.05) is 5.32 Å². The molecule has 0 aliphatic rings. The Morgan fingerprint density at radius 2 is 1.67 bits per heavy atom. The van der Waals surface area contributed by atoms with E-state index in [4.69, 9.17) is 0 Å². The molecule has 1 nitrogen and oxygen atoms in total. The van der Waals surface area contributed by atoms with Crippen LogP contribution in [0.2, 0.25) is 0 Å². The van der Waals surface area contributed by atoms with Crippen molar-refractivity contribution >= 4 is 21.6 Å². The van der Waals surface area contributed by atoms with E-state index in [1.165, 1.54) is 18.2 Å². The Hall–Kier alpha value is -1.42. The lowest BCUT2D eigenvalue weighted by atomic mass is 10.2. The minimum absolute atomic E-state index is 0.0471. The van der Waals surface area contributed by atoms with Crippen LogP contribution in [0.3, 0.4) is 0 Å². The molecule has 2 rings (SSSR count). The van der Waals surface area contributed by atoms with Gasteiger partial charge in [0.15, 0.2) is 0 Å². The lowest BCUT2D eigenvalue weighted by Crippen LogP contribution is -2.05. The second-order valence-electron chi connectivity index (χ2n) is 3.99. The maximum atomic E-state index is 13.4. The molecule has 0 heterocycles. The summed E-state index contributed by atoms with van der Waals surface area (Å²) in [6, 6.07) is 9.57. The number of anilines is 1. The monoisotopic (exact) mass is 311 g/mol. The van der Waals surface area contributed by atoms with Gasteiger partial charge < -0.3 is 5.32 Å². The maximum Gasteiger partial charge on any atom is 0.131 e. The minimum atomic E-state index is -0.536. The smallest absolute Gasteiger partial charge is 0.131 e. The number of rotatable bonds is 3. The van der Waals surface area contributed by atoms with Gasteiger partial charge in [-0.05, 0) is 46.6 Å². The Kier molecular flexibility index (Phi) is 3.97. The van der Waals surface area contributed by atoms with Crippen LogP contribution in [-0.2, 0) is 6.54 Å². The summed E-state index contributed by atoms with van der Waals surface area (Å²) in [5.74, 6) is -1.07. The van der Waals surface area contributed by atoms with E-state index in [0.29, 0.717) is 0 Å². The van der Waals surface area contributed by atoms with Crippen molar-refractivity contribution in [3.8, 4) is 0 Å². The topological polar surface area (TPSA) is 12.0 Å². The average Bonchev–Trinajstić information content (AvgIpc) is 2.33. The molecule has 0 atom stereocenters. The fraction of sp³-hybridized carbons (Fsp3) is 0.143. The molecule has 18 heavy (non-hydrogen) atoms. The van der Waals surface area contributed by atoms with Crippen molar-refractivity contribution < 1.29 is 8.78 Å². The van der Waals surface area contributed by atoms with Crippen molar-refractivity contribution in [1.82, 2.24) is 0 Å². The number of hydrogen-bond donors (Lipinski definition) is 1. The predicted molar refractivity (Wildman–Crippen MR) is 72.6 cm³/mol. The third kappa shape index (κ3) is 2.70. The molecule has 0 aromatic heterocycles. The Bertz CT molecular complexity index is 549. The average molecular weight is 312 g/mol. The quantitative estimate of drug-likeness (QED) is 0.870. The maximum absolute atomic E-state index is 13.4. The highest BCUT2D eigenvalue weighted by Crippen LogP contribution is 2.26. The van der Waals surface area contributed by atoms with Crippen LogP contribution in [0.1, 0.15) is 11.1 Å². The van der Waals surface area contributed by atoms with Crippen LogP contribution in [0.5, 0.6) is 0 Å². The van der Waals surface area contributed by atoms with E-state index in [1.807, 2.05) is 25.1 Å². The summed E-state index contributed by atoms with van der Waals surface area (Å²) >= 11 is 3.44. The first-order chi connectivity index (χ1) is 8.59. The summed E-state index contributed by atoms with van der Waals surface area (Å²) in [4.78, 5) is 0. The molecule has 4 heteroatoms. The van der Waals surface area contributed by atoms with Crippen LogP contribution in [0, 0.1) is 18.6 Å². The summed E-state index contributed by atoms with van der Waals surface area (Å²) in [6.07, 6.45) is 0. The SMILES string of the molecule is Cc1cccc(NCc2c(F)cccc2F)c1Br. The van der Waals surface area contributed by atoms with E-state index in [0.717, 1.165) is 15.7 Å². The fourth-order valence-corrected chi connectivity index (χ4v) is 2.07. The molecule has 2 aromatic carbocycles. The first-order valence-corrected chi connectivity index (χ1v) is 6.31. The molecule has 2 aromatic rings. The number of aryl methyl sites for hydroxylation is 1. The largest absolute Gasteiger partial charge is 0.380 e. The molecule has 0 bridgehead atoms. The van der Waals surface area contributed by atoms with Gasteiger partial charge in [-0.1, -0.05) is 18.2 Å². The second-order valence-corrected chi connectivity index (χ2v) is 4.78. The third-order valence-corrected chi connectivity index (χ3v) is 3.76. The van der Waals surface area contributed by atoms with Crippen molar-refractivity contribution in [2.45, 2.75) is 13.5 Å². The van der Waals surface area contributed by atoms with E-state index >= 15 is 0 Å². The summed E-state index contributed by atoms with van der Waals surface area (Å²) in [6.45, 7) is 2.07. The molecule has 0 aliphatic heterocycles. The van der Waals surface area contributed by atoms with Crippen LogP contribution < -0.4 is 5.32 Å². The molecule has 94 valence electrons. The van der Waals surface area contributed by atoms with Crippen molar-refractivity contribution in [3.63, 3.8) is 0 Å². The highest BCUT2D eigenvalue weighted by Gasteiger charge is 2.09. The van der Waals surface area contributed by atoms with Gasteiger partial charge in [-0.15, -0.1) is 0 Å². The molecule has 0 spiro atoms. The van der Waals surface area contributed by atoms with Gasteiger partial charge in [-0.3, -0.25) is 0 Å². The Morgan fingerprint density at radius 1 is 1.06 bits per heavy atom. The van der Waals surface area contributed by atoms with E-state index < -0.39 is 11.6 Å². The molecule has 0 fully saturated rings. The molecule has 0 saturated carbocycles. The summed E-state index contributed by atoms with van der Waals surface area (Å²) in [5.41, 5.74) is 1.93. The minimum Gasteiger partial charge on any atom is -0.380 e. The molecule has 1 N–H and O–H groups in total. The molecule has 0 aliphatic carbocycles. The number of nitrogens with one attached hydrogen (secondary N) is 1. The van der Waals surface area contributed by atoms with Crippen molar-refractivity contribution in [3.05, 3.63) is 63.6 Å². The van der Waals surface area contributed by atoms with Crippen molar-refractivity contribution in [1.29, 1.82) is 0 Å². The first-order valence-electron chi connectivity index (χ1n) is 5.51. The van der Waals surface area contributed by atoms with Crippen LogP contribution >= 0.6 is 15.9 Å². The van der Waals surface area contributed by atoms with Crippen LogP contribution in [0.25, 0.3) is 0 Å². The molecule has 0 radical (unpaired) electrons. The van der Waals surface area contributed by atoms with Gasteiger partial charge in [-0.2, -0.15) is 0 Å². The van der Waals surface area contributed by atoms with E-state index in [1.54, 1.807) is 0 Å². The Morgan fingerprint density at radius 3 is 2.33 bits per heavy atom. The number of benzene rings is 2. The first kappa shape index (κ1) is 13.0. The van der Waals surface area contributed by atoms with E-state index in [2.05, 4.69) is 21.2 Å². The van der Waals surface area contributed by atoms with Crippen LogP contribution in [-0.4, -0.2) is 0 Å². The lowest BCUT2D eigenvalue weighted by Gasteiger charge is -2.11. The van der Waals surface area contributed by atoms with Gasteiger partial charge in [0.2, 0.25) is 0 Å². The zero-order valence-electron chi connectivity index (χ0n) is 9.81. The van der Waals surface area contributed by atoms with Crippen molar-refractivity contribution in [2.24, 2.45) is 0 Å². The highest BCUT2D eigenvalue weighted by atomic mass is 79.9. The Balaban J connectivity index is 2.19.